The molecule has 3 saturated heterocycles. The Kier molecular flexibility index (Phi) is 4.84. The maximum atomic E-state index is 11.7. The largest absolute Gasteiger partial charge is 0.508 e. The van der Waals surface area contributed by atoms with Crippen LogP contribution in [-0.2, 0) is 6.54 Å². The summed E-state index contributed by atoms with van der Waals surface area (Å²) in [5.74, 6) is 1.29. The molecule has 0 spiro atoms. The first-order chi connectivity index (χ1) is 14.6. The lowest BCUT2D eigenvalue weighted by Gasteiger charge is -2.58. The fraction of sp³-hybridized carbons (Fsp3) is 0.346. The van der Waals surface area contributed by atoms with Gasteiger partial charge in [-0.1, -0.05) is 36.4 Å². The summed E-state index contributed by atoms with van der Waals surface area (Å²) in [6, 6.07) is 17.9. The van der Waals surface area contributed by atoms with Gasteiger partial charge in [-0.05, 0) is 35.7 Å². The highest BCUT2D eigenvalue weighted by Crippen LogP contribution is 2.48. The predicted octanol–water partition coefficient (Wildman–Crippen LogP) is 4.59. The molecule has 30 heavy (non-hydrogen) atoms. The standard InChI is InChI=1S/C26H28N2O2/c1-2-19-17-28(16-18-6-4-3-5-7-18)13-11-20(19)14-25(28)26(30)22-10-12-27-24-9-8-21(29)15-23(22)24/h2-10,12,15,19-20,25-26,30H,1,11,13-14,16-17H2/p+1/t19?,20?,25?,26-,28?/m0/s1. The number of hydrogen-bond donors (Lipinski definition) is 2. The Morgan fingerprint density at radius 3 is 2.80 bits per heavy atom. The number of rotatable bonds is 5. The van der Waals surface area contributed by atoms with Crippen LogP contribution in [0.2, 0.25) is 0 Å². The van der Waals surface area contributed by atoms with Gasteiger partial charge >= 0.3 is 0 Å². The van der Waals surface area contributed by atoms with Gasteiger partial charge in [-0.3, -0.25) is 4.98 Å². The highest BCUT2D eigenvalue weighted by molar-refractivity contribution is 5.83. The molecule has 3 aliphatic heterocycles. The van der Waals surface area contributed by atoms with Crippen LogP contribution in [0.5, 0.6) is 5.75 Å². The van der Waals surface area contributed by atoms with E-state index in [-0.39, 0.29) is 11.8 Å². The molecule has 2 aromatic carbocycles. The Labute approximate surface area is 177 Å². The Balaban J connectivity index is 1.57. The first-order valence-electron chi connectivity index (χ1n) is 10.9. The van der Waals surface area contributed by atoms with Gasteiger partial charge in [-0.25, -0.2) is 0 Å². The molecule has 3 aliphatic rings. The summed E-state index contributed by atoms with van der Waals surface area (Å²) in [7, 11) is 0. The fourth-order valence-corrected chi connectivity index (χ4v) is 5.95. The molecule has 2 N–H and O–H groups in total. The van der Waals surface area contributed by atoms with E-state index in [0.29, 0.717) is 11.8 Å². The Morgan fingerprint density at radius 2 is 2.00 bits per heavy atom. The monoisotopic (exact) mass is 401 g/mol. The second-order valence-electron chi connectivity index (χ2n) is 9.07. The number of piperidine rings is 3. The van der Waals surface area contributed by atoms with Gasteiger partial charge in [0.1, 0.15) is 24.4 Å². The van der Waals surface area contributed by atoms with E-state index in [1.807, 2.05) is 12.1 Å². The molecule has 0 saturated carbocycles. The van der Waals surface area contributed by atoms with Crippen LogP contribution in [0.4, 0.5) is 0 Å². The van der Waals surface area contributed by atoms with Crippen LogP contribution in [0.25, 0.3) is 10.9 Å². The Morgan fingerprint density at radius 1 is 1.17 bits per heavy atom. The molecule has 3 aromatic rings. The van der Waals surface area contributed by atoms with Crippen LogP contribution >= 0.6 is 0 Å². The van der Waals surface area contributed by atoms with Crippen LogP contribution < -0.4 is 0 Å². The molecular formula is C26H29N2O2+. The number of aliphatic hydroxyl groups excluding tert-OH is 1. The molecule has 154 valence electrons. The lowest BCUT2D eigenvalue weighted by atomic mass is 9.71. The van der Waals surface area contributed by atoms with E-state index in [9.17, 15) is 10.2 Å². The van der Waals surface area contributed by atoms with Crippen LogP contribution in [0.15, 0.2) is 73.4 Å². The molecule has 3 fully saturated rings. The van der Waals surface area contributed by atoms with Gasteiger partial charge in [0, 0.05) is 35.9 Å². The summed E-state index contributed by atoms with van der Waals surface area (Å²) in [6.07, 6.45) is 5.47. The van der Waals surface area contributed by atoms with Crippen LogP contribution in [0.1, 0.15) is 30.1 Å². The van der Waals surface area contributed by atoms with Gasteiger partial charge in [0.25, 0.3) is 0 Å². The summed E-state index contributed by atoms with van der Waals surface area (Å²) in [6.45, 7) is 7.15. The average Bonchev–Trinajstić information content (AvgIpc) is 2.78. The van der Waals surface area contributed by atoms with Crippen molar-refractivity contribution in [2.24, 2.45) is 11.8 Å². The number of hydrogen-bond acceptors (Lipinski definition) is 3. The Hall–Kier alpha value is -2.69. The van der Waals surface area contributed by atoms with Gasteiger partial charge in [-0.2, -0.15) is 0 Å². The molecule has 2 bridgehead atoms. The summed E-state index contributed by atoms with van der Waals surface area (Å²) in [5, 5.41) is 22.6. The predicted molar refractivity (Wildman–Crippen MR) is 119 cm³/mol. The van der Waals surface area contributed by atoms with Crippen molar-refractivity contribution in [2.75, 3.05) is 13.1 Å². The first-order valence-corrected chi connectivity index (χ1v) is 10.9. The van der Waals surface area contributed by atoms with Crippen LogP contribution in [-0.4, -0.2) is 38.8 Å². The maximum absolute atomic E-state index is 11.7. The zero-order chi connectivity index (χ0) is 20.7. The summed E-state index contributed by atoms with van der Waals surface area (Å²) >= 11 is 0. The van der Waals surface area contributed by atoms with Crippen molar-refractivity contribution in [1.29, 1.82) is 0 Å². The number of aliphatic hydroxyl groups is 1. The minimum atomic E-state index is -0.602. The molecule has 5 atom stereocenters. The number of benzene rings is 2. The number of aromatic hydroxyl groups is 1. The van der Waals surface area contributed by atoms with E-state index < -0.39 is 6.10 Å². The van der Waals surface area contributed by atoms with Crippen molar-refractivity contribution < 1.29 is 14.7 Å². The van der Waals surface area contributed by atoms with Crippen molar-refractivity contribution in [3.8, 4) is 5.75 Å². The molecule has 0 radical (unpaired) electrons. The lowest BCUT2D eigenvalue weighted by molar-refractivity contribution is -0.984. The second-order valence-corrected chi connectivity index (χ2v) is 9.07. The zero-order valence-corrected chi connectivity index (χ0v) is 17.2. The highest BCUT2D eigenvalue weighted by Gasteiger charge is 2.53. The quantitative estimate of drug-likeness (QED) is 0.486. The normalized spacial score (nSPS) is 29.0. The van der Waals surface area contributed by atoms with Crippen LogP contribution in [0, 0.1) is 11.8 Å². The van der Waals surface area contributed by atoms with Crippen molar-refractivity contribution in [1.82, 2.24) is 4.98 Å². The molecule has 4 heteroatoms. The molecule has 4 unspecified atom stereocenters. The van der Waals surface area contributed by atoms with Crippen molar-refractivity contribution >= 4 is 10.9 Å². The molecule has 6 rings (SSSR count). The number of pyridine rings is 1. The van der Waals surface area contributed by atoms with Gasteiger partial charge in [0.05, 0.1) is 18.6 Å². The van der Waals surface area contributed by atoms with E-state index >= 15 is 0 Å². The van der Waals surface area contributed by atoms with Gasteiger partial charge in [0.2, 0.25) is 0 Å². The van der Waals surface area contributed by atoms with Crippen molar-refractivity contribution in [2.45, 2.75) is 31.5 Å². The molecule has 4 heterocycles. The zero-order valence-electron chi connectivity index (χ0n) is 17.2. The topological polar surface area (TPSA) is 53.4 Å². The Bertz CT molecular complexity index is 1070. The van der Waals surface area contributed by atoms with E-state index in [4.69, 9.17) is 0 Å². The number of phenols is 1. The third kappa shape index (κ3) is 3.21. The number of quaternary nitrogens is 1. The molecule has 0 aliphatic carbocycles. The van der Waals surface area contributed by atoms with E-state index in [1.165, 1.54) is 12.0 Å². The van der Waals surface area contributed by atoms with Crippen LogP contribution in [0.3, 0.4) is 0 Å². The number of phenolic OH excluding ortho intramolecular Hbond substituents is 1. The third-order valence-corrected chi connectivity index (χ3v) is 7.46. The number of nitrogens with zero attached hydrogens (tertiary/aromatic N) is 2. The van der Waals surface area contributed by atoms with E-state index in [2.05, 4.69) is 48.0 Å². The highest BCUT2D eigenvalue weighted by atomic mass is 16.3. The molecule has 4 nitrogen and oxygen atoms in total. The fourth-order valence-electron chi connectivity index (χ4n) is 5.95. The maximum Gasteiger partial charge on any atom is 0.131 e. The number of aromatic nitrogens is 1. The molecular weight excluding hydrogens is 372 g/mol. The van der Waals surface area contributed by atoms with E-state index in [1.54, 1.807) is 18.3 Å². The van der Waals surface area contributed by atoms with Crippen molar-refractivity contribution in [3.05, 3.63) is 84.6 Å². The average molecular weight is 402 g/mol. The van der Waals surface area contributed by atoms with Crippen molar-refractivity contribution in [3.63, 3.8) is 0 Å². The molecule has 1 aromatic heterocycles. The van der Waals surface area contributed by atoms with Gasteiger partial charge < -0.3 is 14.7 Å². The minimum Gasteiger partial charge on any atom is -0.508 e. The summed E-state index contributed by atoms with van der Waals surface area (Å²) in [5.41, 5.74) is 2.99. The summed E-state index contributed by atoms with van der Waals surface area (Å²) < 4.78 is 0.890. The summed E-state index contributed by atoms with van der Waals surface area (Å²) in [4.78, 5) is 4.43. The first kappa shape index (κ1) is 19.3. The van der Waals surface area contributed by atoms with E-state index in [0.717, 1.165) is 47.0 Å². The van der Waals surface area contributed by atoms with Gasteiger partial charge in [-0.15, -0.1) is 6.58 Å². The third-order valence-electron chi connectivity index (χ3n) is 7.46. The lowest BCUT2D eigenvalue weighted by Crippen LogP contribution is -2.67. The SMILES string of the molecule is C=CC1C[N+]2(Cc3ccccc3)CCC1CC2[C@@H](O)c1ccnc2ccc(O)cc12. The second kappa shape index (κ2) is 7.53. The molecule has 0 amide bonds. The van der Waals surface area contributed by atoms with Gasteiger partial charge in [0.15, 0.2) is 0 Å². The minimum absolute atomic E-state index is 0.119. The number of fused-ring (bicyclic) bond motifs is 4. The smallest absolute Gasteiger partial charge is 0.131 e.